The number of hydrogen-bond acceptors (Lipinski definition) is 4. The van der Waals surface area contributed by atoms with E-state index in [1.807, 2.05) is 0 Å². The molecule has 0 saturated carbocycles. The molecule has 0 aliphatic carbocycles. The van der Waals surface area contributed by atoms with E-state index in [9.17, 15) is 24.3 Å². The first-order chi connectivity index (χ1) is 7.83. The van der Waals surface area contributed by atoms with Crippen LogP contribution in [0, 0.1) is 0 Å². The molecule has 0 aromatic rings. The van der Waals surface area contributed by atoms with Crippen molar-refractivity contribution in [1.29, 1.82) is 0 Å². The van der Waals surface area contributed by atoms with Crippen LogP contribution in [0.5, 0.6) is 0 Å². The van der Waals surface area contributed by atoms with Crippen LogP contribution in [0.15, 0.2) is 0 Å². The lowest BCUT2D eigenvalue weighted by atomic mass is 9.91. The summed E-state index contributed by atoms with van der Waals surface area (Å²) >= 11 is 0. The van der Waals surface area contributed by atoms with Gasteiger partial charge in [0.05, 0.1) is 0 Å². The molecule has 0 atom stereocenters. The first kappa shape index (κ1) is 13.1. The van der Waals surface area contributed by atoms with Crippen LogP contribution in [0.25, 0.3) is 0 Å². The number of carboxylic acid groups (broad SMARTS) is 1. The molecule has 7 heteroatoms. The maximum Gasteiger partial charge on any atom is 0.334 e. The van der Waals surface area contributed by atoms with Gasteiger partial charge in [-0.1, -0.05) is 13.8 Å². The smallest absolute Gasteiger partial charge is 0.334 e. The van der Waals surface area contributed by atoms with E-state index >= 15 is 0 Å². The van der Waals surface area contributed by atoms with Gasteiger partial charge in [-0.2, -0.15) is 0 Å². The summed E-state index contributed by atoms with van der Waals surface area (Å²) in [5, 5.41) is 9.22. The van der Waals surface area contributed by atoms with Gasteiger partial charge in [-0.15, -0.1) is 0 Å². The Hall–Kier alpha value is -1.92. The van der Waals surface area contributed by atoms with Gasteiger partial charge < -0.3 is 5.11 Å². The van der Waals surface area contributed by atoms with Crippen molar-refractivity contribution in [2.45, 2.75) is 32.2 Å². The number of urea groups is 1. The highest BCUT2D eigenvalue weighted by atomic mass is 16.4. The van der Waals surface area contributed by atoms with Crippen molar-refractivity contribution in [2.24, 2.45) is 0 Å². The number of nitrogens with zero attached hydrogens (tertiary/aromatic N) is 2. The van der Waals surface area contributed by atoms with Gasteiger partial charge in [-0.3, -0.25) is 14.5 Å². The molecule has 1 fully saturated rings. The number of likely N-dealkylation sites (N-methyl/N-ethyl adjacent to an activating group) is 1. The molecule has 1 N–H and O–H groups in total. The summed E-state index contributed by atoms with van der Waals surface area (Å²) in [6.45, 7) is 3.11. The Labute approximate surface area is 98.0 Å². The van der Waals surface area contributed by atoms with E-state index in [0.29, 0.717) is 9.80 Å². The number of amides is 4. The van der Waals surface area contributed by atoms with Gasteiger partial charge in [0.2, 0.25) is 0 Å². The second kappa shape index (κ2) is 4.15. The molecule has 1 aliphatic heterocycles. The molecule has 0 radical (unpaired) electrons. The molecule has 1 rings (SSSR count). The predicted molar refractivity (Wildman–Crippen MR) is 56.0 cm³/mol. The predicted octanol–water partition coefficient (Wildman–Crippen LogP) is 0.0504. The van der Waals surface area contributed by atoms with Crippen molar-refractivity contribution < 1.29 is 24.3 Å². The van der Waals surface area contributed by atoms with E-state index in [1.54, 1.807) is 13.8 Å². The number of imide groups is 2. The fraction of sp³-hybridized carbons (Fsp3) is 0.600. The third-order valence-corrected chi connectivity index (χ3v) is 3.16. The Bertz CT molecular complexity index is 400. The Morgan fingerprint density at radius 3 is 1.88 bits per heavy atom. The minimum Gasteiger partial charge on any atom is -0.479 e. The summed E-state index contributed by atoms with van der Waals surface area (Å²) < 4.78 is 0. The average molecular weight is 242 g/mol. The van der Waals surface area contributed by atoms with E-state index < -0.39 is 29.4 Å². The summed E-state index contributed by atoms with van der Waals surface area (Å²) in [5.41, 5.74) is -1.64. The lowest BCUT2D eigenvalue weighted by Crippen LogP contribution is -2.57. The normalized spacial score (nSPS) is 17.0. The lowest BCUT2D eigenvalue weighted by molar-refractivity contribution is -0.156. The number of aliphatic carboxylic acids is 1. The molecular formula is C10H14N2O5. The highest BCUT2D eigenvalue weighted by Gasteiger charge is 2.55. The molecule has 0 spiro atoms. The third kappa shape index (κ3) is 1.58. The van der Waals surface area contributed by atoms with Gasteiger partial charge in [0, 0.05) is 7.05 Å². The molecule has 1 aliphatic rings. The van der Waals surface area contributed by atoms with Crippen LogP contribution in [-0.4, -0.2) is 51.3 Å². The molecule has 0 aromatic heterocycles. The maximum absolute atomic E-state index is 11.7. The van der Waals surface area contributed by atoms with Crippen LogP contribution in [0.1, 0.15) is 26.7 Å². The van der Waals surface area contributed by atoms with Gasteiger partial charge in [-0.05, 0) is 12.8 Å². The molecule has 0 aromatic carbocycles. The zero-order valence-corrected chi connectivity index (χ0v) is 9.89. The second-order valence-corrected chi connectivity index (χ2v) is 3.83. The summed E-state index contributed by atoms with van der Waals surface area (Å²) in [5.74, 6) is -3.36. The molecule has 0 unspecified atom stereocenters. The van der Waals surface area contributed by atoms with Crippen molar-refractivity contribution in [2.75, 3.05) is 7.05 Å². The number of carboxylic acids is 1. The summed E-state index contributed by atoms with van der Waals surface area (Å²) in [4.78, 5) is 47.2. The van der Waals surface area contributed by atoms with Crippen molar-refractivity contribution in [3.05, 3.63) is 0 Å². The van der Waals surface area contributed by atoms with Crippen LogP contribution < -0.4 is 0 Å². The molecular weight excluding hydrogens is 228 g/mol. The molecule has 1 heterocycles. The SMILES string of the molecule is CCC(CC)(C(=O)O)N1C(=O)C(=O)N(C)C1=O. The van der Waals surface area contributed by atoms with Crippen LogP contribution >= 0.6 is 0 Å². The van der Waals surface area contributed by atoms with Crippen molar-refractivity contribution in [3.63, 3.8) is 0 Å². The molecule has 94 valence electrons. The van der Waals surface area contributed by atoms with Crippen molar-refractivity contribution in [3.8, 4) is 0 Å². The third-order valence-electron chi connectivity index (χ3n) is 3.16. The average Bonchev–Trinajstić information content (AvgIpc) is 2.48. The summed E-state index contributed by atoms with van der Waals surface area (Å²) in [6, 6.07) is -0.883. The van der Waals surface area contributed by atoms with Gasteiger partial charge in [0.1, 0.15) is 5.54 Å². The Balaban J connectivity index is 3.31. The van der Waals surface area contributed by atoms with E-state index in [2.05, 4.69) is 0 Å². The van der Waals surface area contributed by atoms with Gasteiger partial charge >= 0.3 is 23.8 Å². The van der Waals surface area contributed by atoms with Crippen LogP contribution in [0.3, 0.4) is 0 Å². The number of carbonyl (C=O) groups excluding carboxylic acids is 3. The Kier molecular flexibility index (Phi) is 3.21. The van der Waals surface area contributed by atoms with E-state index in [1.165, 1.54) is 0 Å². The zero-order valence-electron chi connectivity index (χ0n) is 9.89. The first-order valence-corrected chi connectivity index (χ1v) is 5.23. The highest BCUT2D eigenvalue weighted by Crippen LogP contribution is 2.29. The molecule has 17 heavy (non-hydrogen) atoms. The van der Waals surface area contributed by atoms with E-state index in [0.717, 1.165) is 7.05 Å². The topological polar surface area (TPSA) is 95.0 Å². The standard InChI is InChI=1S/C10H14N2O5/c1-4-10(5-2,8(15)16)12-7(14)6(13)11(3)9(12)17/h4-5H2,1-3H3,(H,15,16). The molecule has 4 amide bonds. The van der Waals surface area contributed by atoms with E-state index in [-0.39, 0.29) is 12.8 Å². The maximum atomic E-state index is 11.7. The molecule has 0 bridgehead atoms. The zero-order chi connectivity index (χ0) is 13.4. The monoisotopic (exact) mass is 242 g/mol. The molecule has 7 nitrogen and oxygen atoms in total. The number of carbonyl (C=O) groups is 4. The highest BCUT2D eigenvalue weighted by molar-refractivity contribution is 6.45. The van der Waals surface area contributed by atoms with Crippen LogP contribution in [0.2, 0.25) is 0 Å². The van der Waals surface area contributed by atoms with Crippen LogP contribution in [-0.2, 0) is 14.4 Å². The van der Waals surface area contributed by atoms with Gasteiger partial charge in [0.25, 0.3) is 0 Å². The Morgan fingerprint density at radius 2 is 1.65 bits per heavy atom. The fourth-order valence-corrected chi connectivity index (χ4v) is 1.90. The summed E-state index contributed by atoms with van der Waals surface area (Å²) in [7, 11) is 1.15. The van der Waals surface area contributed by atoms with E-state index in [4.69, 9.17) is 0 Å². The van der Waals surface area contributed by atoms with Gasteiger partial charge in [-0.25, -0.2) is 14.5 Å². The van der Waals surface area contributed by atoms with Gasteiger partial charge in [0.15, 0.2) is 0 Å². The van der Waals surface area contributed by atoms with Crippen molar-refractivity contribution in [1.82, 2.24) is 9.80 Å². The summed E-state index contributed by atoms with van der Waals surface area (Å²) in [6.07, 6.45) is 0.106. The fourth-order valence-electron chi connectivity index (χ4n) is 1.90. The van der Waals surface area contributed by atoms with Crippen LogP contribution in [0.4, 0.5) is 4.79 Å². The quantitative estimate of drug-likeness (QED) is 0.555. The second-order valence-electron chi connectivity index (χ2n) is 3.83. The molecule has 1 saturated heterocycles. The number of hydrogen-bond donors (Lipinski definition) is 1. The lowest BCUT2D eigenvalue weighted by Gasteiger charge is -2.33. The Morgan fingerprint density at radius 1 is 1.18 bits per heavy atom. The number of rotatable bonds is 4. The minimum atomic E-state index is -1.64. The minimum absolute atomic E-state index is 0.0530. The largest absolute Gasteiger partial charge is 0.479 e. The first-order valence-electron chi connectivity index (χ1n) is 5.23. The van der Waals surface area contributed by atoms with Crippen molar-refractivity contribution >= 4 is 23.8 Å².